The summed E-state index contributed by atoms with van der Waals surface area (Å²) in [6, 6.07) is 11.1. The number of anilines is 1. The lowest BCUT2D eigenvalue weighted by Gasteiger charge is -2.32. The van der Waals surface area contributed by atoms with E-state index in [2.05, 4.69) is 58.5 Å². The van der Waals surface area contributed by atoms with Gasteiger partial charge in [0.15, 0.2) is 0 Å². The molecule has 22 heavy (non-hydrogen) atoms. The number of rotatable bonds is 5. The average Bonchev–Trinajstić information content (AvgIpc) is 2.52. The normalized spacial score (nSPS) is 20.5. The maximum absolute atomic E-state index is 5.88. The minimum absolute atomic E-state index is 0.343. The first kappa shape index (κ1) is 15.3. The minimum Gasteiger partial charge on any atom is -0.355 e. The predicted octanol–water partition coefficient (Wildman–Crippen LogP) is 3.04. The number of hydrogen-bond acceptors (Lipinski definition) is 5. The number of benzene rings is 1. The first-order valence-corrected chi connectivity index (χ1v) is 8.80. The Morgan fingerprint density at radius 1 is 1.27 bits per heavy atom. The predicted molar refractivity (Wildman–Crippen MR) is 92.3 cm³/mol. The van der Waals surface area contributed by atoms with Gasteiger partial charge in [-0.2, -0.15) is 0 Å². The molecule has 0 saturated heterocycles. The molecule has 0 radical (unpaired) electrons. The van der Waals surface area contributed by atoms with E-state index < -0.39 is 0 Å². The van der Waals surface area contributed by atoms with E-state index in [9.17, 15) is 0 Å². The highest BCUT2D eigenvalue weighted by Crippen LogP contribution is 2.35. The Morgan fingerprint density at radius 2 is 2.09 bits per heavy atom. The number of aromatic nitrogens is 2. The first-order valence-electron chi connectivity index (χ1n) is 7.57. The molecule has 1 aromatic heterocycles. The van der Waals surface area contributed by atoms with Gasteiger partial charge in [0.25, 0.3) is 0 Å². The summed E-state index contributed by atoms with van der Waals surface area (Å²) in [7, 11) is 2.07. The van der Waals surface area contributed by atoms with Crippen LogP contribution in [0.3, 0.4) is 0 Å². The van der Waals surface area contributed by atoms with Gasteiger partial charge < -0.3 is 10.6 Å². The maximum Gasteiger partial charge on any atom is 0.132 e. The van der Waals surface area contributed by atoms with Crippen molar-refractivity contribution in [3.63, 3.8) is 0 Å². The van der Waals surface area contributed by atoms with Crippen LogP contribution in [0, 0.1) is 0 Å². The Bertz CT molecular complexity index is 640. The Hall–Kier alpha value is -1.59. The monoisotopic (exact) mass is 314 g/mol. The third kappa shape index (κ3) is 3.42. The highest BCUT2D eigenvalue weighted by Gasteiger charge is 2.28. The maximum atomic E-state index is 5.88. The smallest absolute Gasteiger partial charge is 0.132 e. The largest absolute Gasteiger partial charge is 0.355 e. The lowest BCUT2D eigenvalue weighted by molar-refractivity contribution is 0.345. The highest BCUT2D eigenvalue weighted by atomic mass is 32.2. The van der Waals surface area contributed by atoms with Gasteiger partial charge in [-0.1, -0.05) is 12.1 Å². The zero-order chi connectivity index (χ0) is 15.5. The summed E-state index contributed by atoms with van der Waals surface area (Å²) in [6.07, 6.45) is 5.85. The van der Waals surface area contributed by atoms with Crippen LogP contribution in [0.25, 0.3) is 0 Å². The van der Waals surface area contributed by atoms with Crippen LogP contribution in [-0.2, 0) is 6.54 Å². The molecule has 0 unspecified atom stereocenters. The van der Waals surface area contributed by atoms with Crippen LogP contribution in [0.15, 0.2) is 41.6 Å². The topological polar surface area (TPSA) is 55.0 Å². The summed E-state index contributed by atoms with van der Waals surface area (Å²) in [5, 5.41) is 0. The fourth-order valence-electron chi connectivity index (χ4n) is 2.82. The molecule has 5 heteroatoms. The Kier molecular flexibility index (Phi) is 4.64. The van der Waals surface area contributed by atoms with Gasteiger partial charge in [0.2, 0.25) is 0 Å². The summed E-state index contributed by atoms with van der Waals surface area (Å²) >= 11 is 1.77. The van der Waals surface area contributed by atoms with Gasteiger partial charge in [-0.3, -0.25) is 0 Å². The number of hydrogen-bond donors (Lipinski definition) is 1. The third-order valence-electron chi connectivity index (χ3n) is 4.21. The molecule has 0 aliphatic heterocycles. The average molecular weight is 314 g/mol. The number of thioether (sulfide) groups is 1. The van der Waals surface area contributed by atoms with E-state index in [1.54, 1.807) is 18.1 Å². The second-order valence-corrected chi connectivity index (χ2v) is 6.82. The molecule has 0 amide bonds. The molecule has 2 aromatic rings. The third-order valence-corrected chi connectivity index (χ3v) is 4.94. The lowest BCUT2D eigenvalue weighted by Crippen LogP contribution is -2.35. The van der Waals surface area contributed by atoms with Crippen molar-refractivity contribution in [1.29, 1.82) is 0 Å². The van der Waals surface area contributed by atoms with Gasteiger partial charge in [0.1, 0.15) is 12.1 Å². The molecule has 1 saturated carbocycles. The van der Waals surface area contributed by atoms with E-state index in [0.717, 1.165) is 30.9 Å². The van der Waals surface area contributed by atoms with Crippen molar-refractivity contribution in [1.82, 2.24) is 9.97 Å². The summed E-state index contributed by atoms with van der Waals surface area (Å²) in [6.45, 7) is 0.842. The minimum atomic E-state index is 0.343. The Labute approximate surface area is 136 Å². The fraction of sp³-hybridized carbons (Fsp3) is 0.412. The van der Waals surface area contributed by atoms with E-state index >= 15 is 0 Å². The molecule has 1 fully saturated rings. The van der Waals surface area contributed by atoms with Crippen LogP contribution in [-0.4, -0.2) is 29.3 Å². The first-order chi connectivity index (χ1) is 10.7. The second-order valence-electron chi connectivity index (χ2n) is 5.94. The van der Waals surface area contributed by atoms with E-state index in [4.69, 9.17) is 5.73 Å². The summed E-state index contributed by atoms with van der Waals surface area (Å²) in [5.41, 5.74) is 8.29. The molecule has 116 valence electrons. The van der Waals surface area contributed by atoms with Crippen LogP contribution in [0.5, 0.6) is 0 Å². The molecule has 1 aliphatic carbocycles. The summed E-state index contributed by atoms with van der Waals surface area (Å²) in [4.78, 5) is 12.3. The van der Waals surface area contributed by atoms with Crippen LogP contribution >= 0.6 is 11.8 Å². The van der Waals surface area contributed by atoms with Crippen molar-refractivity contribution in [2.75, 3.05) is 18.2 Å². The van der Waals surface area contributed by atoms with Crippen molar-refractivity contribution in [2.24, 2.45) is 5.73 Å². The second kappa shape index (κ2) is 6.67. The van der Waals surface area contributed by atoms with Gasteiger partial charge in [0, 0.05) is 42.2 Å². The SMILES string of the molecule is CSc1cccc(CN(C)c2cc(C3CC(N)C3)ncn2)c1. The van der Waals surface area contributed by atoms with E-state index in [1.807, 2.05) is 0 Å². The number of nitrogens with zero attached hydrogens (tertiary/aromatic N) is 3. The van der Waals surface area contributed by atoms with Crippen LogP contribution in [0.4, 0.5) is 5.82 Å². The zero-order valence-corrected chi connectivity index (χ0v) is 13.9. The van der Waals surface area contributed by atoms with Gasteiger partial charge >= 0.3 is 0 Å². The molecular weight excluding hydrogens is 292 g/mol. The number of nitrogens with two attached hydrogens (primary N) is 1. The zero-order valence-electron chi connectivity index (χ0n) is 13.1. The summed E-state index contributed by atoms with van der Waals surface area (Å²) in [5.74, 6) is 1.48. The fourth-order valence-corrected chi connectivity index (χ4v) is 3.31. The van der Waals surface area contributed by atoms with E-state index in [0.29, 0.717) is 12.0 Å². The van der Waals surface area contributed by atoms with Crippen LogP contribution in [0.2, 0.25) is 0 Å². The van der Waals surface area contributed by atoms with Crippen molar-refractivity contribution in [3.05, 3.63) is 47.9 Å². The van der Waals surface area contributed by atoms with Crippen molar-refractivity contribution in [2.45, 2.75) is 36.2 Å². The molecule has 0 bridgehead atoms. The molecule has 4 nitrogen and oxygen atoms in total. The molecular formula is C17H22N4S. The molecule has 1 aromatic carbocycles. The van der Waals surface area contributed by atoms with Gasteiger partial charge in [-0.05, 0) is 36.8 Å². The molecule has 0 spiro atoms. The molecule has 1 heterocycles. The Balaban J connectivity index is 1.71. The molecule has 2 N–H and O–H groups in total. The Morgan fingerprint density at radius 3 is 2.82 bits per heavy atom. The van der Waals surface area contributed by atoms with E-state index in [-0.39, 0.29) is 0 Å². The van der Waals surface area contributed by atoms with Crippen LogP contribution in [0.1, 0.15) is 30.0 Å². The van der Waals surface area contributed by atoms with Crippen molar-refractivity contribution < 1.29 is 0 Å². The molecule has 3 rings (SSSR count). The van der Waals surface area contributed by atoms with Gasteiger partial charge in [-0.15, -0.1) is 11.8 Å². The molecule has 0 atom stereocenters. The summed E-state index contributed by atoms with van der Waals surface area (Å²) < 4.78 is 0. The molecule has 1 aliphatic rings. The van der Waals surface area contributed by atoms with E-state index in [1.165, 1.54) is 10.5 Å². The lowest BCUT2D eigenvalue weighted by atomic mass is 9.78. The quantitative estimate of drug-likeness (QED) is 0.860. The van der Waals surface area contributed by atoms with Crippen molar-refractivity contribution in [3.8, 4) is 0 Å². The van der Waals surface area contributed by atoms with Crippen LogP contribution < -0.4 is 10.6 Å². The van der Waals surface area contributed by atoms with Crippen molar-refractivity contribution >= 4 is 17.6 Å². The highest BCUT2D eigenvalue weighted by molar-refractivity contribution is 7.98. The van der Waals surface area contributed by atoms with Gasteiger partial charge in [-0.25, -0.2) is 9.97 Å². The van der Waals surface area contributed by atoms with Gasteiger partial charge in [0.05, 0.1) is 0 Å². The standard InChI is InChI=1S/C17H22N4S/c1-21(10-12-4-3-5-15(6-12)22-2)17-9-16(19-11-20-17)13-7-14(18)8-13/h3-6,9,11,13-14H,7-8,10,18H2,1-2H3.